The number of rotatable bonds is 6. The Morgan fingerprint density at radius 1 is 1.62 bits per heavy atom. The average molecular weight is 235 g/mol. The van der Waals surface area contributed by atoms with Gasteiger partial charge in [-0.1, -0.05) is 12.7 Å². The van der Waals surface area contributed by atoms with Crippen LogP contribution in [-0.2, 0) is 6.42 Å². The molecule has 0 atom stereocenters. The van der Waals surface area contributed by atoms with Crippen LogP contribution in [0.15, 0.2) is 35.6 Å². The number of hydrogen-bond donors (Lipinski definition) is 0. The topological polar surface area (TPSA) is 28.5 Å². The third kappa shape index (κ3) is 4.40. The number of allylic oxidation sites excluding steroid dienone is 1. The minimum absolute atomic E-state index is 0.949. The lowest BCUT2D eigenvalue weighted by molar-refractivity contribution is 0.457. The third-order valence-electron chi connectivity index (χ3n) is 2.14. The Morgan fingerprint density at radius 3 is 3.06 bits per heavy atom. The molecule has 16 heavy (non-hydrogen) atoms. The summed E-state index contributed by atoms with van der Waals surface area (Å²) in [5.74, 6) is 0. The highest BCUT2D eigenvalue weighted by atomic mass is 32.1. The van der Waals surface area contributed by atoms with Crippen molar-refractivity contribution in [1.29, 1.82) is 0 Å². The van der Waals surface area contributed by atoms with Crippen LogP contribution in [0.25, 0.3) is 0 Å². The summed E-state index contributed by atoms with van der Waals surface area (Å²) in [5, 5.41) is 0. The lowest BCUT2D eigenvalue weighted by Gasteiger charge is -2.12. The second-order valence-electron chi connectivity index (χ2n) is 3.42. The molecular formula is C12H17N3S. The highest BCUT2D eigenvalue weighted by molar-refractivity contribution is 7.09. The van der Waals surface area contributed by atoms with E-state index in [0.717, 1.165) is 13.0 Å². The molecule has 4 heteroatoms. The van der Waals surface area contributed by atoms with Crippen LogP contribution in [0.2, 0.25) is 0 Å². The molecule has 0 amide bonds. The number of thiazole rings is 1. The lowest BCUT2D eigenvalue weighted by atomic mass is 10.3. The van der Waals surface area contributed by atoms with E-state index < -0.39 is 0 Å². The van der Waals surface area contributed by atoms with Gasteiger partial charge in [-0.25, -0.2) is 4.98 Å². The number of likely N-dealkylation sites (N-methyl/N-ethyl adjacent to an activating group) is 1. The summed E-state index contributed by atoms with van der Waals surface area (Å²) in [7, 11) is 2.03. The summed E-state index contributed by atoms with van der Waals surface area (Å²) >= 11 is 1.70. The summed E-state index contributed by atoms with van der Waals surface area (Å²) in [6, 6.07) is 0. The van der Waals surface area contributed by atoms with Crippen molar-refractivity contribution in [3.63, 3.8) is 0 Å². The molecule has 0 aliphatic heterocycles. The first-order chi connectivity index (χ1) is 7.74. The van der Waals surface area contributed by atoms with E-state index in [2.05, 4.69) is 28.4 Å². The Labute approximate surface area is 101 Å². The van der Waals surface area contributed by atoms with Gasteiger partial charge in [-0.15, -0.1) is 11.3 Å². The van der Waals surface area contributed by atoms with E-state index in [1.165, 1.54) is 10.6 Å². The van der Waals surface area contributed by atoms with Crippen molar-refractivity contribution in [2.24, 2.45) is 4.99 Å². The number of aliphatic imine (C=N–C) groups is 1. The highest BCUT2D eigenvalue weighted by Crippen LogP contribution is 2.11. The van der Waals surface area contributed by atoms with Gasteiger partial charge in [0.25, 0.3) is 0 Å². The molecule has 0 bridgehead atoms. The molecule has 0 fully saturated rings. The summed E-state index contributed by atoms with van der Waals surface area (Å²) in [6.07, 6.45) is 8.00. The van der Waals surface area contributed by atoms with Crippen LogP contribution in [0.4, 0.5) is 0 Å². The van der Waals surface area contributed by atoms with E-state index in [0.29, 0.717) is 0 Å². The van der Waals surface area contributed by atoms with Gasteiger partial charge in [-0.2, -0.15) is 0 Å². The second kappa shape index (κ2) is 6.95. The molecule has 1 heterocycles. The SMILES string of the molecule is C=C/C=N\C=C\N(C)CCc1ncsc1C. The minimum Gasteiger partial charge on any atom is -0.379 e. The normalized spacial score (nSPS) is 11.4. The maximum absolute atomic E-state index is 4.32. The molecule has 1 aromatic heterocycles. The van der Waals surface area contributed by atoms with E-state index >= 15 is 0 Å². The first-order valence-corrected chi connectivity index (χ1v) is 6.02. The van der Waals surface area contributed by atoms with Gasteiger partial charge < -0.3 is 4.90 Å². The van der Waals surface area contributed by atoms with Crippen LogP contribution in [0.3, 0.4) is 0 Å². The molecule has 86 valence electrons. The summed E-state index contributed by atoms with van der Waals surface area (Å²) in [6.45, 7) is 6.61. The molecule has 0 aliphatic carbocycles. The Bertz CT molecular complexity index is 379. The molecule has 0 radical (unpaired) electrons. The molecule has 1 aromatic rings. The zero-order valence-corrected chi connectivity index (χ0v) is 10.6. The van der Waals surface area contributed by atoms with Gasteiger partial charge in [0.15, 0.2) is 0 Å². The standard InChI is InChI=1S/C12H17N3S/c1-4-6-13-7-9-15(3)8-5-12-11(2)16-10-14-12/h4,6-7,9-10H,1,5,8H2,2-3H3/b9-7+,13-6-. The van der Waals surface area contributed by atoms with Crippen molar-refractivity contribution in [2.45, 2.75) is 13.3 Å². The fourth-order valence-corrected chi connectivity index (χ4v) is 1.82. The van der Waals surface area contributed by atoms with E-state index in [1.807, 2.05) is 18.8 Å². The van der Waals surface area contributed by atoms with E-state index in [-0.39, 0.29) is 0 Å². The molecule has 0 aliphatic rings. The van der Waals surface area contributed by atoms with Crippen LogP contribution >= 0.6 is 11.3 Å². The predicted molar refractivity (Wildman–Crippen MR) is 71.0 cm³/mol. The molecule has 0 spiro atoms. The van der Waals surface area contributed by atoms with Crippen molar-refractivity contribution >= 4 is 17.6 Å². The molecule has 1 rings (SSSR count). The summed E-state index contributed by atoms with van der Waals surface area (Å²) in [5.41, 5.74) is 3.09. The largest absolute Gasteiger partial charge is 0.379 e. The second-order valence-corrected chi connectivity index (χ2v) is 4.48. The van der Waals surface area contributed by atoms with Crippen molar-refractivity contribution in [3.8, 4) is 0 Å². The Hall–Kier alpha value is -1.42. The Morgan fingerprint density at radius 2 is 2.44 bits per heavy atom. The monoisotopic (exact) mass is 235 g/mol. The Balaban J connectivity index is 2.33. The van der Waals surface area contributed by atoms with E-state index in [4.69, 9.17) is 0 Å². The van der Waals surface area contributed by atoms with Gasteiger partial charge in [0.2, 0.25) is 0 Å². The molecule has 3 nitrogen and oxygen atoms in total. The van der Waals surface area contributed by atoms with Gasteiger partial charge in [0.1, 0.15) is 0 Å². The maximum atomic E-state index is 4.32. The van der Waals surface area contributed by atoms with Crippen LogP contribution in [-0.4, -0.2) is 29.7 Å². The number of hydrogen-bond acceptors (Lipinski definition) is 4. The van der Waals surface area contributed by atoms with Crippen molar-refractivity contribution in [1.82, 2.24) is 9.88 Å². The molecule has 0 aromatic carbocycles. The van der Waals surface area contributed by atoms with Crippen molar-refractivity contribution < 1.29 is 0 Å². The fraction of sp³-hybridized carbons (Fsp3) is 0.333. The summed E-state index contributed by atoms with van der Waals surface area (Å²) < 4.78 is 0. The summed E-state index contributed by atoms with van der Waals surface area (Å²) in [4.78, 5) is 11.7. The van der Waals surface area contributed by atoms with Gasteiger partial charge >= 0.3 is 0 Å². The fourth-order valence-electron chi connectivity index (χ4n) is 1.19. The molecule has 0 unspecified atom stereocenters. The zero-order valence-electron chi connectivity index (χ0n) is 9.76. The minimum atomic E-state index is 0.949. The molecule has 0 N–H and O–H groups in total. The van der Waals surface area contributed by atoms with Gasteiger partial charge in [-0.05, 0) is 6.92 Å². The average Bonchev–Trinajstić information content (AvgIpc) is 2.67. The lowest BCUT2D eigenvalue weighted by Crippen LogP contribution is -2.14. The zero-order chi connectivity index (χ0) is 11.8. The smallest absolute Gasteiger partial charge is 0.0797 e. The molecule has 0 saturated heterocycles. The Kier molecular flexibility index (Phi) is 5.50. The van der Waals surface area contributed by atoms with Crippen LogP contribution in [0.1, 0.15) is 10.6 Å². The maximum Gasteiger partial charge on any atom is 0.0797 e. The van der Waals surface area contributed by atoms with Crippen molar-refractivity contribution in [2.75, 3.05) is 13.6 Å². The third-order valence-corrected chi connectivity index (χ3v) is 2.94. The first kappa shape index (κ1) is 12.6. The quantitative estimate of drug-likeness (QED) is 0.709. The number of aryl methyl sites for hydroxylation is 1. The van der Waals surface area contributed by atoms with Crippen LogP contribution in [0.5, 0.6) is 0 Å². The molecule has 0 saturated carbocycles. The first-order valence-electron chi connectivity index (χ1n) is 5.14. The highest BCUT2D eigenvalue weighted by Gasteiger charge is 2.01. The van der Waals surface area contributed by atoms with Crippen LogP contribution in [0, 0.1) is 6.92 Å². The van der Waals surface area contributed by atoms with Gasteiger partial charge in [-0.3, -0.25) is 4.99 Å². The number of nitrogens with zero attached hydrogens (tertiary/aromatic N) is 3. The van der Waals surface area contributed by atoms with Gasteiger partial charge in [0.05, 0.1) is 11.2 Å². The van der Waals surface area contributed by atoms with Crippen LogP contribution < -0.4 is 0 Å². The van der Waals surface area contributed by atoms with Crippen molar-refractivity contribution in [3.05, 3.63) is 41.1 Å². The predicted octanol–water partition coefficient (Wildman–Crippen LogP) is 2.65. The van der Waals surface area contributed by atoms with Gasteiger partial charge in [0, 0.05) is 43.5 Å². The van der Waals surface area contributed by atoms with E-state index in [9.17, 15) is 0 Å². The number of aromatic nitrogens is 1. The van der Waals surface area contributed by atoms with E-state index in [1.54, 1.807) is 29.8 Å². The molecular weight excluding hydrogens is 218 g/mol.